The van der Waals surface area contributed by atoms with Crippen molar-refractivity contribution in [2.75, 3.05) is 0 Å². The number of rotatable bonds is 4. The molecule has 0 saturated heterocycles. The van der Waals surface area contributed by atoms with Crippen LogP contribution in [0.4, 0.5) is 0 Å². The van der Waals surface area contributed by atoms with Crippen LogP contribution in [-0.4, -0.2) is 0 Å². The zero-order valence-electron chi connectivity index (χ0n) is 17.2. The molecule has 138 valence electrons. The van der Waals surface area contributed by atoms with E-state index in [4.69, 9.17) is 0 Å². The smallest absolute Gasteiger partial charge is 0.200 e. The van der Waals surface area contributed by atoms with E-state index in [0.29, 0.717) is 5.92 Å². The highest BCUT2D eigenvalue weighted by Gasteiger charge is 2.42. The summed E-state index contributed by atoms with van der Waals surface area (Å²) >= 11 is 0. The molecular weight excluding hydrogens is 326 g/mol. The second-order valence-corrected chi connectivity index (χ2v) is 8.51. The SMILES string of the molecule is CCC(C)CC1(C)c2ccccc2-c2c[n+](C)c(-c3ccccc3C)cc21. The Hall–Kier alpha value is -2.41. The maximum atomic E-state index is 2.46. The third kappa shape index (κ3) is 2.81. The summed E-state index contributed by atoms with van der Waals surface area (Å²) in [6.45, 7) is 9.34. The quantitative estimate of drug-likeness (QED) is 0.489. The van der Waals surface area contributed by atoms with Gasteiger partial charge in [-0.2, -0.15) is 0 Å². The highest BCUT2D eigenvalue weighted by atomic mass is 14.9. The predicted octanol–water partition coefficient (Wildman–Crippen LogP) is 6.21. The van der Waals surface area contributed by atoms with Gasteiger partial charge in [-0.25, -0.2) is 4.57 Å². The number of hydrogen-bond acceptors (Lipinski definition) is 0. The van der Waals surface area contributed by atoms with E-state index in [0.717, 1.165) is 0 Å². The highest BCUT2D eigenvalue weighted by Crippen LogP contribution is 2.52. The lowest BCUT2D eigenvalue weighted by Crippen LogP contribution is -2.32. The molecule has 1 nitrogen and oxygen atoms in total. The number of pyridine rings is 1. The molecule has 1 aliphatic rings. The number of benzene rings is 2. The van der Waals surface area contributed by atoms with Crippen molar-refractivity contribution in [2.45, 2.75) is 46.0 Å². The van der Waals surface area contributed by atoms with Gasteiger partial charge in [0.1, 0.15) is 7.05 Å². The van der Waals surface area contributed by atoms with Gasteiger partial charge in [-0.05, 0) is 47.6 Å². The highest BCUT2D eigenvalue weighted by molar-refractivity contribution is 5.81. The Morgan fingerprint density at radius 1 is 0.926 bits per heavy atom. The predicted molar refractivity (Wildman–Crippen MR) is 114 cm³/mol. The fourth-order valence-corrected chi connectivity index (χ4v) is 4.85. The second kappa shape index (κ2) is 6.64. The van der Waals surface area contributed by atoms with Gasteiger partial charge in [-0.1, -0.05) is 69.7 Å². The molecule has 2 atom stereocenters. The zero-order valence-corrected chi connectivity index (χ0v) is 17.2. The van der Waals surface area contributed by atoms with Crippen LogP contribution in [0.1, 0.15) is 50.3 Å². The summed E-state index contributed by atoms with van der Waals surface area (Å²) in [6, 6.07) is 20.2. The number of hydrogen-bond donors (Lipinski definition) is 0. The van der Waals surface area contributed by atoms with E-state index in [1.165, 1.54) is 51.9 Å². The van der Waals surface area contributed by atoms with Crippen molar-refractivity contribution in [3.63, 3.8) is 0 Å². The maximum Gasteiger partial charge on any atom is 0.212 e. The van der Waals surface area contributed by atoms with Crippen molar-refractivity contribution in [1.29, 1.82) is 0 Å². The Bertz CT molecular complexity index is 1000. The molecule has 0 bridgehead atoms. The summed E-state index contributed by atoms with van der Waals surface area (Å²) in [6.07, 6.45) is 4.75. The molecule has 3 aromatic rings. The molecule has 1 heterocycles. The van der Waals surface area contributed by atoms with Gasteiger partial charge in [-0.3, -0.25) is 0 Å². The van der Waals surface area contributed by atoms with E-state index in [1.54, 1.807) is 0 Å². The van der Waals surface area contributed by atoms with E-state index >= 15 is 0 Å². The Morgan fingerprint density at radius 2 is 1.59 bits per heavy atom. The molecule has 0 aliphatic heterocycles. The van der Waals surface area contributed by atoms with Crippen LogP contribution >= 0.6 is 0 Å². The van der Waals surface area contributed by atoms with Gasteiger partial charge in [0.25, 0.3) is 0 Å². The first kappa shape index (κ1) is 18.0. The van der Waals surface area contributed by atoms with Crippen molar-refractivity contribution in [3.05, 3.63) is 77.5 Å². The van der Waals surface area contributed by atoms with Gasteiger partial charge in [0.2, 0.25) is 5.69 Å². The lowest BCUT2D eigenvalue weighted by atomic mass is 9.73. The second-order valence-electron chi connectivity index (χ2n) is 8.51. The van der Waals surface area contributed by atoms with Crippen molar-refractivity contribution in [3.8, 4) is 22.4 Å². The maximum absolute atomic E-state index is 2.46. The molecule has 1 heteroatoms. The Balaban J connectivity index is 1.96. The summed E-state index contributed by atoms with van der Waals surface area (Å²) < 4.78 is 2.30. The van der Waals surface area contributed by atoms with Crippen molar-refractivity contribution in [1.82, 2.24) is 0 Å². The minimum Gasteiger partial charge on any atom is -0.200 e. The lowest BCUT2D eigenvalue weighted by molar-refractivity contribution is -0.660. The first-order valence-corrected chi connectivity index (χ1v) is 10.2. The molecule has 1 aromatic heterocycles. The minimum atomic E-state index is 0.0764. The third-order valence-corrected chi connectivity index (χ3v) is 6.55. The fourth-order valence-electron chi connectivity index (χ4n) is 4.85. The lowest BCUT2D eigenvalue weighted by Gasteiger charge is -2.30. The van der Waals surface area contributed by atoms with Crippen molar-refractivity contribution < 1.29 is 4.57 Å². The Morgan fingerprint density at radius 3 is 2.30 bits per heavy atom. The third-order valence-electron chi connectivity index (χ3n) is 6.55. The topological polar surface area (TPSA) is 3.88 Å². The monoisotopic (exact) mass is 356 g/mol. The summed E-state index contributed by atoms with van der Waals surface area (Å²) in [4.78, 5) is 0. The van der Waals surface area contributed by atoms with Gasteiger partial charge in [-0.15, -0.1) is 0 Å². The summed E-state index contributed by atoms with van der Waals surface area (Å²) in [5.41, 5.74) is 9.81. The van der Waals surface area contributed by atoms with Crippen LogP contribution in [0.3, 0.4) is 0 Å². The number of aryl methyl sites for hydroxylation is 2. The molecule has 4 rings (SSSR count). The first-order valence-electron chi connectivity index (χ1n) is 10.2. The average molecular weight is 357 g/mol. The van der Waals surface area contributed by atoms with E-state index in [9.17, 15) is 0 Å². The zero-order chi connectivity index (χ0) is 19.2. The van der Waals surface area contributed by atoms with Crippen molar-refractivity contribution in [2.24, 2.45) is 13.0 Å². The largest absolute Gasteiger partial charge is 0.212 e. The van der Waals surface area contributed by atoms with Crippen LogP contribution in [0, 0.1) is 12.8 Å². The number of fused-ring (bicyclic) bond motifs is 3. The molecule has 1 aliphatic carbocycles. The molecule has 0 radical (unpaired) electrons. The molecule has 2 aromatic carbocycles. The molecule has 0 spiro atoms. The molecular formula is C26H30N+. The van der Waals surface area contributed by atoms with Crippen molar-refractivity contribution >= 4 is 0 Å². The fraction of sp³-hybridized carbons (Fsp3) is 0.346. The summed E-state index contributed by atoms with van der Waals surface area (Å²) in [5.74, 6) is 0.699. The first-order chi connectivity index (χ1) is 13.0. The van der Waals surface area contributed by atoms with E-state index in [1.807, 2.05) is 0 Å². The molecule has 0 N–H and O–H groups in total. The molecule has 0 saturated carbocycles. The van der Waals surface area contributed by atoms with Gasteiger partial charge < -0.3 is 0 Å². The standard InChI is InChI=1S/C26H30N/c1-6-18(2)16-26(4)23-14-10-9-13-21(23)22-17-27(5)25(15-24(22)26)20-12-8-7-11-19(20)3/h7-15,17-18H,6,16H2,1-5H3/q+1. The molecule has 2 unspecified atom stereocenters. The van der Waals surface area contributed by atoms with Crippen LogP contribution < -0.4 is 4.57 Å². The van der Waals surface area contributed by atoms with Gasteiger partial charge >= 0.3 is 0 Å². The van der Waals surface area contributed by atoms with Gasteiger partial charge in [0, 0.05) is 17.0 Å². The van der Waals surface area contributed by atoms with Gasteiger partial charge in [0.05, 0.1) is 5.56 Å². The van der Waals surface area contributed by atoms with E-state index < -0.39 is 0 Å². The summed E-state index contributed by atoms with van der Waals surface area (Å²) in [5, 5.41) is 0. The normalized spacial score (nSPS) is 18.9. The van der Waals surface area contributed by atoms with Gasteiger partial charge in [0.15, 0.2) is 6.20 Å². The van der Waals surface area contributed by atoms with Crippen LogP contribution in [-0.2, 0) is 12.5 Å². The van der Waals surface area contributed by atoms with E-state index in [-0.39, 0.29) is 5.41 Å². The van der Waals surface area contributed by atoms with Crippen LogP contribution in [0.25, 0.3) is 22.4 Å². The summed E-state index contributed by atoms with van der Waals surface area (Å²) in [7, 11) is 2.18. The van der Waals surface area contributed by atoms with Crippen LogP contribution in [0.15, 0.2) is 60.8 Å². The average Bonchev–Trinajstić information content (AvgIpc) is 2.90. The number of nitrogens with zero attached hydrogens (tertiary/aromatic N) is 1. The molecule has 27 heavy (non-hydrogen) atoms. The van der Waals surface area contributed by atoms with Crippen LogP contribution in [0.2, 0.25) is 0 Å². The van der Waals surface area contributed by atoms with Crippen LogP contribution in [0.5, 0.6) is 0 Å². The minimum absolute atomic E-state index is 0.0764. The van der Waals surface area contributed by atoms with E-state index in [2.05, 4.69) is 100 Å². The number of aromatic nitrogens is 1. The molecule has 0 fully saturated rings. The Kier molecular flexibility index (Phi) is 4.42. The Labute approximate surface area is 163 Å². The molecule has 0 amide bonds.